The summed E-state index contributed by atoms with van der Waals surface area (Å²) < 4.78 is 0. The molecule has 4 heteroatoms. The number of amides is 1. The topological polar surface area (TPSA) is 65.1 Å². The number of aliphatic hydroxyl groups is 1. The van der Waals surface area contributed by atoms with Crippen molar-refractivity contribution in [3.8, 4) is 0 Å². The molecule has 2 aromatic rings. The molecule has 4 nitrogen and oxygen atoms in total. The van der Waals surface area contributed by atoms with Gasteiger partial charge in [-0.25, -0.2) is 0 Å². The average molecular weight is 286 g/mol. The maximum absolute atomic E-state index is 12.4. The molecule has 1 amide bonds. The Bertz CT molecular complexity index is 675. The van der Waals surface area contributed by atoms with E-state index >= 15 is 0 Å². The van der Waals surface area contributed by atoms with Crippen LogP contribution in [0, 0.1) is 13.8 Å². The lowest BCUT2D eigenvalue weighted by Gasteiger charge is -2.26. The molecule has 1 aliphatic carbocycles. The number of hydrogen-bond acceptors (Lipinski definition) is 2. The van der Waals surface area contributed by atoms with Crippen LogP contribution in [0.5, 0.6) is 0 Å². The van der Waals surface area contributed by atoms with Crippen molar-refractivity contribution in [3.63, 3.8) is 0 Å². The highest BCUT2D eigenvalue weighted by Gasteiger charge is 2.22. The molecular weight excluding hydrogens is 264 g/mol. The molecule has 0 aliphatic heterocycles. The van der Waals surface area contributed by atoms with Gasteiger partial charge in [-0.05, 0) is 63.3 Å². The Kier molecular flexibility index (Phi) is 3.72. The van der Waals surface area contributed by atoms with Crippen LogP contribution >= 0.6 is 0 Å². The van der Waals surface area contributed by atoms with Gasteiger partial charge in [-0.15, -0.1) is 0 Å². The highest BCUT2D eigenvalue weighted by Crippen LogP contribution is 2.23. The van der Waals surface area contributed by atoms with Gasteiger partial charge in [-0.1, -0.05) is 0 Å². The van der Waals surface area contributed by atoms with E-state index in [9.17, 15) is 9.90 Å². The molecule has 0 spiro atoms. The molecule has 1 aromatic carbocycles. The minimum Gasteiger partial charge on any atom is -0.393 e. The minimum absolute atomic E-state index is 0.0470. The van der Waals surface area contributed by atoms with Crippen LogP contribution in [0.3, 0.4) is 0 Å². The summed E-state index contributed by atoms with van der Waals surface area (Å²) in [6.45, 7) is 4.10. The van der Waals surface area contributed by atoms with Crippen molar-refractivity contribution < 1.29 is 9.90 Å². The van der Waals surface area contributed by atoms with Crippen molar-refractivity contribution in [2.24, 2.45) is 0 Å². The number of carbonyl (C=O) groups is 1. The van der Waals surface area contributed by atoms with Crippen LogP contribution in [0.1, 0.15) is 47.3 Å². The van der Waals surface area contributed by atoms with E-state index in [1.54, 1.807) is 0 Å². The molecule has 1 aromatic heterocycles. The molecule has 2 atom stereocenters. The smallest absolute Gasteiger partial charge is 0.251 e. The Hall–Kier alpha value is -1.81. The second kappa shape index (κ2) is 5.53. The summed E-state index contributed by atoms with van der Waals surface area (Å²) in [5, 5.41) is 13.8. The van der Waals surface area contributed by atoms with Gasteiger partial charge >= 0.3 is 0 Å². The van der Waals surface area contributed by atoms with E-state index in [1.807, 2.05) is 25.1 Å². The molecule has 3 N–H and O–H groups in total. The maximum Gasteiger partial charge on any atom is 0.251 e. The fraction of sp³-hybridized carbons (Fsp3) is 0.471. The Morgan fingerprint density at radius 1 is 1.33 bits per heavy atom. The van der Waals surface area contributed by atoms with Crippen LogP contribution in [-0.4, -0.2) is 28.1 Å². The molecule has 0 radical (unpaired) electrons. The monoisotopic (exact) mass is 286 g/mol. The van der Waals surface area contributed by atoms with Crippen LogP contribution < -0.4 is 5.32 Å². The van der Waals surface area contributed by atoms with Gasteiger partial charge in [0.05, 0.1) is 6.10 Å². The summed E-state index contributed by atoms with van der Waals surface area (Å²) in [5.41, 5.74) is 4.07. The number of carbonyl (C=O) groups excluding carboxylic acids is 1. The van der Waals surface area contributed by atoms with Crippen LogP contribution in [0.25, 0.3) is 10.9 Å². The van der Waals surface area contributed by atoms with Crippen molar-refractivity contribution in [2.45, 2.75) is 51.7 Å². The summed E-state index contributed by atoms with van der Waals surface area (Å²) in [7, 11) is 0. The van der Waals surface area contributed by atoms with Crippen molar-refractivity contribution in [1.82, 2.24) is 10.3 Å². The standard InChI is InChI=1S/C17H22N2O2/c1-10-11(2)18-16-7-6-12(8-15(10)16)17(21)19-13-4-3-5-14(20)9-13/h6-8,13-14,18,20H,3-5,9H2,1-2H3,(H,19,21). The van der Waals surface area contributed by atoms with E-state index in [0.717, 1.165) is 35.9 Å². The Balaban J connectivity index is 1.79. The van der Waals surface area contributed by atoms with Gasteiger partial charge in [-0.2, -0.15) is 0 Å². The van der Waals surface area contributed by atoms with Gasteiger partial charge in [0.2, 0.25) is 0 Å². The zero-order chi connectivity index (χ0) is 15.0. The molecule has 0 bridgehead atoms. The van der Waals surface area contributed by atoms with Crippen molar-refractivity contribution in [1.29, 1.82) is 0 Å². The predicted octanol–water partition coefficient (Wildman–Crippen LogP) is 2.82. The van der Waals surface area contributed by atoms with Crippen LogP contribution in [0.4, 0.5) is 0 Å². The number of benzene rings is 1. The molecular formula is C17H22N2O2. The van der Waals surface area contributed by atoms with Gasteiger partial charge < -0.3 is 15.4 Å². The van der Waals surface area contributed by atoms with Gasteiger partial charge in [0.1, 0.15) is 0 Å². The first-order valence-corrected chi connectivity index (χ1v) is 7.62. The van der Waals surface area contributed by atoms with E-state index in [0.29, 0.717) is 12.0 Å². The van der Waals surface area contributed by atoms with Gasteiger partial charge in [0.25, 0.3) is 5.91 Å². The molecule has 1 saturated carbocycles. The van der Waals surface area contributed by atoms with Crippen LogP contribution in [0.15, 0.2) is 18.2 Å². The number of hydrogen-bond donors (Lipinski definition) is 3. The average Bonchev–Trinajstić information content (AvgIpc) is 2.74. The van der Waals surface area contributed by atoms with E-state index < -0.39 is 0 Å². The van der Waals surface area contributed by atoms with Gasteiger partial charge in [0, 0.05) is 28.2 Å². The molecule has 0 saturated heterocycles. The normalized spacial score (nSPS) is 22.4. The number of aryl methyl sites for hydroxylation is 2. The summed E-state index contributed by atoms with van der Waals surface area (Å²) in [5.74, 6) is -0.0470. The van der Waals surface area contributed by atoms with Crippen LogP contribution in [-0.2, 0) is 0 Å². The third kappa shape index (κ3) is 2.81. The molecule has 1 fully saturated rings. The number of aliphatic hydroxyl groups excluding tert-OH is 1. The lowest BCUT2D eigenvalue weighted by Crippen LogP contribution is -2.39. The first-order chi connectivity index (χ1) is 10.0. The van der Waals surface area contributed by atoms with Crippen molar-refractivity contribution >= 4 is 16.8 Å². The molecule has 112 valence electrons. The second-order valence-corrected chi connectivity index (χ2v) is 6.13. The number of H-pyrrole nitrogens is 1. The molecule has 1 aliphatic rings. The first-order valence-electron chi connectivity index (χ1n) is 7.62. The number of fused-ring (bicyclic) bond motifs is 1. The number of nitrogens with one attached hydrogen (secondary N) is 2. The van der Waals surface area contributed by atoms with E-state index in [1.165, 1.54) is 5.56 Å². The summed E-state index contributed by atoms with van der Waals surface area (Å²) >= 11 is 0. The number of rotatable bonds is 2. The highest BCUT2D eigenvalue weighted by atomic mass is 16.3. The highest BCUT2D eigenvalue weighted by molar-refractivity contribution is 5.99. The van der Waals surface area contributed by atoms with Crippen molar-refractivity contribution in [3.05, 3.63) is 35.0 Å². The lowest BCUT2D eigenvalue weighted by atomic mass is 9.93. The third-order valence-electron chi connectivity index (χ3n) is 4.55. The summed E-state index contributed by atoms with van der Waals surface area (Å²) in [6, 6.07) is 5.85. The Labute approximate surface area is 124 Å². The number of aromatic amines is 1. The SMILES string of the molecule is Cc1[nH]c2ccc(C(=O)NC3CCCC(O)C3)cc2c1C. The summed E-state index contributed by atoms with van der Waals surface area (Å²) in [6.07, 6.45) is 3.16. The molecule has 21 heavy (non-hydrogen) atoms. The quantitative estimate of drug-likeness (QED) is 0.795. The second-order valence-electron chi connectivity index (χ2n) is 6.13. The van der Waals surface area contributed by atoms with E-state index in [4.69, 9.17) is 0 Å². The minimum atomic E-state index is -0.277. The Morgan fingerprint density at radius 2 is 2.14 bits per heavy atom. The first kappa shape index (κ1) is 14.1. The van der Waals surface area contributed by atoms with Gasteiger partial charge in [-0.3, -0.25) is 4.79 Å². The zero-order valence-corrected chi connectivity index (χ0v) is 12.6. The largest absolute Gasteiger partial charge is 0.393 e. The fourth-order valence-corrected chi connectivity index (χ4v) is 3.17. The van der Waals surface area contributed by atoms with E-state index in [2.05, 4.69) is 17.2 Å². The fourth-order valence-electron chi connectivity index (χ4n) is 3.17. The summed E-state index contributed by atoms with van der Waals surface area (Å²) in [4.78, 5) is 15.7. The van der Waals surface area contributed by atoms with Crippen LogP contribution in [0.2, 0.25) is 0 Å². The number of aromatic nitrogens is 1. The van der Waals surface area contributed by atoms with Gasteiger partial charge in [0.15, 0.2) is 0 Å². The zero-order valence-electron chi connectivity index (χ0n) is 12.6. The molecule has 3 rings (SSSR count). The lowest BCUT2D eigenvalue weighted by molar-refractivity contribution is 0.0850. The third-order valence-corrected chi connectivity index (χ3v) is 4.55. The molecule has 2 unspecified atom stereocenters. The van der Waals surface area contributed by atoms with E-state index in [-0.39, 0.29) is 18.1 Å². The predicted molar refractivity (Wildman–Crippen MR) is 83.5 cm³/mol. The molecule has 1 heterocycles. The van der Waals surface area contributed by atoms with Crippen molar-refractivity contribution in [2.75, 3.05) is 0 Å². The maximum atomic E-state index is 12.4. The Morgan fingerprint density at radius 3 is 2.90 bits per heavy atom.